The molecule has 0 heterocycles. The molecule has 0 fully saturated rings. The van der Waals surface area contributed by atoms with Crippen molar-refractivity contribution in [2.75, 3.05) is 25.5 Å². The van der Waals surface area contributed by atoms with Gasteiger partial charge in [0.25, 0.3) is 0 Å². The Morgan fingerprint density at radius 1 is 0.955 bits per heavy atom. The van der Waals surface area contributed by atoms with Crippen LogP contribution in [0.3, 0.4) is 0 Å². The number of anilines is 2. The van der Waals surface area contributed by atoms with E-state index in [1.165, 1.54) is 5.56 Å². The van der Waals surface area contributed by atoms with Crippen LogP contribution in [0.15, 0.2) is 54.6 Å². The first-order chi connectivity index (χ1) is 10.6. The molecule has 22 heavy (non-hydrogen) atoms. The molecule has 0 aliphatic rings. The molecule has 0 saturated carbocycles. The molecular weight excluding hydrogens is 276 g/mol. The summed E-state index contributed by atoms with van der Waals surface area (Å²) in [5, 5.41) is 8.70. The van der Waals surface area contributed by atoms with Crippen molar-refractivity contribution in [1.82, 2.24) is 4.90 Å². The molecule has 2 rings (SSSR count). The van der Waals surface area contributed by atoms with E-state index < -0.39 is 5.97 Å². The number of nitrogens with zero attached hydrogens (tertiary/aromatic N) is 2. The van der Waals surface area contributed by atoms with E-state index in [4.69, 9.17) is 5.11 Å². The third-order valence-corrected chi connectivity index (χ3v) is 3.63. The molecule has 0 bridgehead atoms. The van der Waals surface area contributed by atoms with E-state index in [0.717, 1.165) is 17.9 Å². The number of hydrogen-bond donors (Lipinski definition) is 1. The highest BCUT2D eigenvalue weighted by atomic mass is 16.4. The van der Waals surface area contributed by atoms with Gasteiger partial charge in [0.1, 0.15) is 0 Å². The summed E-state index contributed by atoms with van der Waals surface area (Å²) in [4.78, 5) is 14.7. The van der Waals surface area contributed by atoms with Crippen LogP contribution in [-0.4, -0.2) is 36.6 Å². The zero-order valence-corrected chi connectivity index (χ0v) is 13.1. The van der Waals surface area contributed by atoms with Crippen LogP contribution >= 0.6 is 0 Å². The summed E-state index contributed by atoms with van der Waals surface area (Å²) in [6, 6.07) is 18.6. The van der Waals surface area contributed by atoms with E-state index >= 15 is 0 Å². The van der Waals surface area contributed by atoms with Crippen molar-refractivity contribution in [3.63, 3.8) is 0 Å². The van der Waals surface area contributed by atoms with Crippen LogP contribution in [0.1, 0.15) is 12.0 Å². The van der Waals surface area contributed by atoms with Gasteiger partial charge in [-0.1, -0.05) is 30.3 Å². The molecule has 0 aliphatic carbocycles. The number of hydrogen-bond acceptors (Lipinski definition) is 3. The Morgan fingerprint density at radius 3 is 2.14 bits per heavy atom. The molecule has 0 amide bonds. The third kappa shape index (κ3) is 4.60. The molecule has 0 unspecified atom stereocenters. The van der Waals surface area contributed by atoms with E-state index in [-0.39, 0.29) is 6.42 Å². The predicted octanol–water partition coefficient (Wildman–Crippen LogP) is 3.36. The summed E-state index contributed by atoms with van der Waals surface area (Å²) in [6.07, 6.45) is 0.172. The van der Waals surface area contributed by atoms with Gasteiger partial charge in [-0.25, -0.2) is 0 Å². The molecule has 0 aromatic heterocycles. The van der Waals surface area contributed by atoms with Gasteiger partial charge < -0.3 is 14.9 Å². The highest BCUT2D eigenvalue weighted by molar-refractivity contribution is 5.66. The maximum Gasteiger partial charge on any atom is 0.304 e. The first kappa shape index (κ1) is 16.0. The number of carboxylic acids is 1. The van der Waals surface area contributed by atoms with E-state index in [9.17, 15) is 4.79 Å². The number of rotatable bonds is 7. The van der Waals surface area contributed by atoms with Gasteiger partial charge in [0.15, 0.2) is 0 Å². The molecule has 0 atom stereocenters. The first-order valence-electron chi connectivity index (χ1n) is 7.34. The number of aliphatic carboxylic acids is 1. The fraction of sp³-hybridized carbons (Fsp3) is 0.278. The molecule has 4 nitrogen and oxygen atoms in total. The number of carbonyl (C=O) groups is 1. The molecule has 0 spiro atoms. The van der Waals surface area contributed by atoms with Crippen molar-refractivity contribution in [2.24, 2.45) is 0 Å². The molecule has 4 heteroatoms. The van der Waals surface area contributed by atoms with Crippen LogP contribution in [0.4, 0.5) is 11.4 Å². The Bertz CT molecular complexity index is 596. The lowest BCUT2D eigenvalue weighted by molar-refractivity contribution is -0.137. The summed E-state index contributed by atoms with van der Waals surface area (Å²) in [6.45, 7) is 1.31. The topological polar surface area (TPSA) is 43.8 Å². The maximum atomic E-state index is 10.6. The van der Waals surface area contributed by atoms with Gasteiger partial charge in [0, 0.05) is 31.5 Å². The molecular formula is C18H22N2O2. The molecule has 0 radical (unpaired) electrons. The standard InChI is InChI=1S/C18H22N2O2/c1-19(13-12-18(21)22)14-15-8-10-17(11-9-15)20(2)16-6-4-3-5-7-16/h3-11H,12-14H2,1-2H3,(H,21,22). The minimum Gasteiger partial charge on any atom is -0.481 e. The smallest absolute Gasteiger partial charge is 0.304 e. The van der Waals surface area contributed by atoms with E-state index in [0.29, 0.717) is 6.54 Å². The summed E-state index contributed by atoms with van der Waals surface area (Å²) < 4.78 is 0. The highest BCUT2D eigenvalue weighted by Crippen LogP contribution is 2.23. The van der Waals surface area contributed by atoms with E-state index in [1.54, 1.807) is 0 Å². The molecule has 116 valence electrons. The quantitative estimate of drug-likeness (QED) is 0.851. The molecule has 2 aromatic carbocycles. The van der Waals surface area contributed by atoms with Gasteiger partial charge in [0.05, 0.1) is 6.42 Å². The minimum absolute atomic E-state index is 0.172. The average Bonchev–Trinajstić information content (AvgIpc) is 2.54. The first-order valence-corrected chi connectivity index (χ1v) is 7.34. The van der Waals surface area contributed by atoms with E-state index in [1.807, 2.05) is 37.2 Å². The largest absolute Gasteiger partial charge is 0.481 e. The summed E-state index contributed by atoms with van der Waals surface area (Å²) in [7, 11) is 3.98. The summed E-state index contributed by atoms with van der Waals surface area (Å²) in [5.74, 6) is -0.758. The van der Waals surface area contributed by atoms with Crippen molar-refractivity contribution in [1.29, 1.82) is 0 Å². The molecule has 0 saturated heterocycles. The van der Waals surface area contributed by atoms with Crippen LogP contribution in [0.5, 0.6) is 0 Å². The van der Waals surface area contributed by atoms with Gasteiger partial charge >= 0.3 is 5.97 Å². The Labute approximate surface area is 131 Å². The number of carboxylic acid groups (broad SMARTS) is 1. The lowest BCUT2D eigenvalue weighted by atomic mass is 10.1. The predicted molar refractivity (Wildman–Crippen MR) is 89.5 cm³/mol. The zero-order chi connectivity index (χ0) is 15.9. The van der Waals surface area contributed by atoms with Gasteiger partial charge in [-0.2, -0.15) is 0 Å². The van der Waals surface area contributed by atoms with Crippen molar-refractivity contribution >= 4 is 17.3 Å². The second-order valence-electron chi connectivity index (χ2n) is 5.44. The second-order valence-corrected chi connectivity index (χ2v) is 5.44. The molecule has 2 aromatic rings. The van der Waals surface area contributed by atoms with Crippen LogP contribution in [-0.2, 0) is 11.3 Å². The van der Waals surface area contributed by atoms with Crippen LogP contribution < -0.4 is 4.90 Å². The fourth-order valence-corrected chi connectivity index (χ4v) is 2.30. The van der Waals surface area contributed by atoms with Gasteiger partial charge in [-0.3, -0.25) is 4.79 Å². The third-order valence-electron chi connectivity index (χ3n) is 3.63. The monoisotopic (exact) mass is 298 g/mol. The van der Waals surface area contributed by atoms with Crippen LogP contribution in [0.25, 0.3) is 0 Å². The van der Waals surface area contributed by atoms with Crippen LogP contribution in [0, 0.1) is 0 Å². The average molecular weight is 298 g/mol. The van der Waals surface area contributed by atoms with E-state index in [2.05, 4.69) is 41.3 Å². The van der Waals surface area contributed by atoms with Crippen molar-refractivity contribution in [2.45, 2.75) is 13.0 Å². The van der Waals surface area contributed by atoms with Gasteiger partial charge in [-0.15, -0.1) is 0 Å². The lowest BCUT2D eigenvalue weighted by Crippen LogP contribution is -2.21. The van der Waals surface area contributed by atoms with Crippen molar-refractivity contribution < 1.29 is 9.90 Å². The SMILES string of the molecule is CN(CCC(=O)O)Cc1ccc(N(C)c2ccccc2)cc1. The Kier molecular flexibility index (Phi) is 5.55. The van der Waals surface area contributed by atoms with Gasteiger partial charge in [0.2, 0.25) is 0 Å². The Hall–Kier alpha value is -2.33. The Morgan fingerprint density at radius 2 is 1.55 bits per heavy atom. The van der Waals surface area contributed by atoms with Gasteiger partial charge in [-0.05, 0) is 36.9 Å². The zero-order valence-electron chi connectivity index (χ0n) is 13.1. The number of benzene rings is 2. The fourth-order valence-electron chi connectivity index (χ4n) is 2.30. The second kappa shape index (κ2) is 7.61. The maximum absolute atomic E-state index is 10.6. The number of para-hydroxylation sites is 1. The van der Waals surface area contributed by atoms with Crippen molar-refractivity contribution in [3.05, 3.63) is 60.2 Å². The summed E-state index contributed by atoms with van der Waals surface area (Å²) >= 11 is 0. The Balaban J connectivity index is 1.97. The summed E-state index contributed by atoms with van der Waals surface area (Å²) in [5.41, 5.74) is 3.45. The molecule has 0 aliphatic heterocycles. The lowest BCUT2D eigenvalue weighted by Gasteiger charge is -2.20. The normalized spacial score (nSPS) is 10.7. The highest BCUT2D eigenvalue weighted by Gasteiger charge is 2.06. The van der Waals surface area contributed by atoms with Crippen molar-refractivity contribution in [3.8, 4) is 0 Å². The van der Waals surface area contributed by atoms with Crippen LogP contribution in [0.2, 0.25) is 0 Å². The minimum atomic E-state index is -0.758. The molecule has 1 N–H and O–H groups in total.